The van der Waals surface area contributed by atoms with Crippen LogP contribution in [-0.4, -0.2) is 50.9 Å². The third kappa shape index (κ3) is 5.31. The highest BCUT2D eigenvalue weighted by Gasteiger charge is 2.34. The van der Waals surface area contributed by atoms with Gasteiger partial charge in [0.2, 0.25) is 5.91 Å². The van der Waals surface area contributed by atoms with Crippen molar-refractivity contribution in [2.45, 2.75) is 24.0 Å². The Labute approximate surface area is 201 Å². The number of anilines is 1. The molecule has 33 heavy (non-hydrogen) atoms. The van der Waals surface area contributed by atoms with Gasteiger partial charge in [0.15, 0.2) is 11.0 Å². The molecule has 0 saturated carbocycles. The van der Waals surface area contributed by atoms with Gasteiger partial charge in [-0.3, -0.25) is 9.59 Å². The van der Waals surface area contributed by atoms with Crippen LogP contribution in [0.1, 0.15) is 35.1 Å². The van der Waals surface area contributed by atoms with Gasteiger partial charge in [-0.1, -0.05) is 23.4 Å². The number of methoxy groups -OCH3 is 1. The quantitative estimate of drug-likeness (QED) is 0.505. The smallest absolute Gasteiger partial charge is 0.254 e. The van der Waals surface area contributed by atoms with Crippen LogP contribution < -0.4 is 10.1 Å². The number of hydrogen-bond donors (Lipinski definition) is 1. The number of thioether (sulfide) groups is 1. The van der Waals surface area contributed by atoms with E-state index in [4.69, 9.17) is 16.3 Å². The molecule has 4 rings (SSSR count). The Morgan fingerprint density at radius 1 is 1.15 bits per heavy atom. The lowest BCUT2D eigenvalue weighted by molar-refractivity contribution is -0.113. The van der Waals surface area contributed by atoms with Gasteiger partial charge in [-0.2, -0.15) is 0 Å². The van der Waals surface area contributed by atoms with Crippen LogP contribution in [-0.2, 0) is 11.8 Å². The van der Waals surface area contributed by atoms with Crippen molar-refractivity contribution in [1.82, 2.24) is 19.7 Å². The zero-order valence-corrected chi connectivity index (χ0v) is 19.9. The van der Waals surface area contributed by atoms with Gasteiger partial charge < -0.3 is 19.5 Å². The highest BCUT2D eigenvalue weighted by Crippen LogP contribution is 2.33. The highest BCUT2D eigenvalue weighted by molar-refractivity contribution is 7.99. The van der Waals surface area contributed by atoms with Crippen molar-refractivity contribution in [3.63, 3.8) is 0 Å². The first-order valence-electron chi connectivity index (χ1n) is 10.5. The summed E-state index contributed by atoms with van der Waals surface area (Å²) in [5.74, 6) is 1.44. The van der Waals surface area contributed by atoms with Gasteiger partial charge in [-0.15, -0.1) is 10.2 Å². The zero-order chi connectivity index (χ0) is 23.4. The molecular weight excluding hydrogens is 462 g/mol. The average Bonchev–Trinajstić information content (AvgIpc) is 3.44. The number of ether oxygens (including phenoxy) is 1. The maximum Gasteiger partial charge on any atom is 0.254 e. The summed E-state index contributed by atoms with van der Waals surface area (Å²) in [7, 11) is 3.46. The Bertz CT molecular complexity index is 1130. The fourth-order valence-electron chi connectivity index (χ4n) is 3.78. The van der Waals surface area contributed by atoms with Crippen LogP contribution in [0.3, 0.4) is 0 Å². The summed E-state index contributed by atoms with van der Waals surface area (Å²) >= 11 is 7.26. The summed E-state index contributed by atoms with van der Waals surface area (Å²) in [4.78, 5) is 27.2. The second-order valence-electron chi connectivity index (χ2n) is 7.63. The number of nitrogens with zero attached hydrogens (tertiary/aromatic N) is 4. The number of hydrogen-bond acceptors (Lipinski definition) is 6. The lowest BCUT2D eigenvalue weighted by Crippen LogP contribution is -2.31. The van der Waals surface area contributed by atoms with Gasteiger partial charge in [0, 0.05) is 29.9 Å². The van der Waals surface area contributed by atoms with E-state index in [9.17, 15) is 9.59 Å². The maximum atomic E-state index is 13.0. The first-order valence-corrected chi connectivity index (χ1v) is 11.8. The molecule has 2 aromatic carbocycles. The molecular formula is C23H24ClN5O3S. The van der Waals surface area contributed by atoms with Crippen LogP contribution in [0.25, 0.3) is 0 Å². The molecule has 2 amide bonds. The van der Waals surface area contributed by atoms with Gasteiger partial charge in [-0.05, 0) is 61.4 Å². The van der Waals surface area contributed by atoms with E-state index in [0.29, 0.717) is 33.8 Å². The molecule has 0 bridgehead atoms. The predicted octanol–water partition coefficient (Wildman–Crippen LogP) is 4.19. The molecule has 1 unspecified atom stereocenters. The Balaban J connectivity index is 1.39. The van der Waals surface area contributed by atoms with Crippen LogP contribution in [0, 0.1) is 0 Å². The number of halogens is 1. The minimum absolute atomic E-state index is 0.0507. The van der Waals surface area contributed by atoms with Gasteiger partial charge in [0.05, 0.1) is 18.9 Å². The van der Waals surface area contributed by atoms with E-state index in [1.807, 2.05) is 16.5 Å². The topological polar surface area (TPSA) is 89.3 Å². The lowest BCUT2D eigenvalue weighted by Gasteiger charge is -2.24. The van der Waals surface area contributed by atoms with Gasteiger partial charge >= 0.3 is 0 Å². The number of likely N-dealkylation sites (tertiary alicyclic amines) is 1. The predicted molar refractivity (Wildman–Crippen MR) is 128 cm³/mol. The molecule has 10 heteroatoms. The summed E-state index contributed by atoms with van der Waals surface area (Å²) < 4.78 is 6.99. The van der Waals surface area contributed by atoms with Crippen molar-refractivity contribution in [3.05, 3.63) is 64.9 Å². The highest BCUT2D eigenvalue weighted by atomic mass is 35.5. The van der Waals surface area contributed by atoms with Gasteiger partial charge in [0.25, 0.3) is 5.91 Å². The van der Waals surface area contributed by atoms with E-state index < -0.39 is 0 Å². The van der Waals surface area contributed by atoms with E-state index in [1.165, 1.54) is 11.8 Å². The van der Waals surface area contributed by atoms with Crippen molar-refractivity contribution in [2.24, 2.45) is 7.05 Å². The van der Waals surface area contributed by atoms with E-state index in [0.717, 1.165) is 18.6 Å². The fourth-order valence-corrected chi connectivity index (χ4v) is 4.62. The second kappa shape index (κ2) is 10.3. The van der Waals surface area contributed by atoms with E-state index in [-0.39, 0.29) is 23.6 Å². The molecule has 0 spiro atoms. The molecule has 1 N–H and O–H groups in total. The van der Waals surface area contributed by atoms with E-state index >= 15 is 0 Å². The van der Waals surface area contributed by atoms with Crippen molar-refractivity contribution in [2.75, 3.05) is 24.7 Å². The van der Waals surface area contributed by atoms with E-state index in [1.54, 1.807) is 55.6 Å². The number of carbonyl (C=O) groups excluding carboxylic acids is 2. The summed E-state index contributed by atoms with van der Waals surface area (Å²) in [6, 6.07) is 13.9. The van der Waals surface area contributed by atoms with Crippen molar-refractivity contribution in [3.8, 4) is 5.75 Å². The number of nitrogens with one attached hydrogen (secondary N) is 1. The van der Waals surface area contributed by atoms with Crippen molar-refractivity contribution < 1.29 is 14.3 Å². The molecule has 3 aromatic rings. The lowest BCUT2D eigenvalue weighted by atomic mass is 10.1. The molecule has 1 aromatic heterocycles. The number of rotatable bonds is 7. The van der Waals surface area contributed by atoms with E-state index in [2.05, 4.69) is 15.5 Å². The molecule has 2 heterocycles. The molecule has 0 radical (unpaired) electrons. The Hall–Kier alpha value is -3.04. The molecule has 8 nitrogen and oxygen atoms in total. The Kier molecular flexibility index (Phi) is 7.20. The van der Waals surface area contributed by atoms with Gasteiger partial charge in [0.1, 0.15) is 5.75 Å². The molecule has 1 aliphatic rings. The van der Waals surface area contributed by atoms with Crippen LogP contribution in [0.2, 0.25) is 5.02 Å². The average molecular weight is 486 g/mol. The third-order valence-electron chi connectivity index (χ3n) is 5.48. The first-order chi connectivity index (χ1) is 16.0. The minimum Gasteiger partial charge on any atom is -0.497 e. The SMILES string of the molecule is COc1ccc(NC(=O)CSc2nnc(C3CCCN3C(=O)c3ccc(Cl)cc3)n2C)cc1. The molecule has 172 valence electrons. The summed E-state index contributed by atoms with van der Waals surface area (Å²) in [5.41, 5.74) is 1.29. The number of aromatic nitrogens is 3. The molecule has 1 atom stereocenters. The summed E-state index contributed by atoms with van der Waals surface area (Å²) in [5, 5.41) is 12.7. The second-order valence-corrected chi connectivity index (χ2v) is 9.01. The molecule has 1 fully saturated rings. The molecule has 0 aliphatic carbocycles. The van der Waals surface area contributed by atoms with Crippen LogP contribution in [0.5, 0.6) is 5.75 Å². The zero-order valence-electron chi connectivity index (χ0n) is 18.3. The van der Waals surface area contributed by atoms with Crippen molar-refractivity contribution >= 4 is 40.9 Å². The van der Waals surface area contributed by atoms with Crippen LogP contribution >= 0.6 is 23.4 Å². The van der Waals surface area contributed by atoms with Crippen LogP contribution in [0.15, 0.2) is 53.7 Å². The van der Waals surface area contributed by atoms with Crippen LogP contribution in [0.4, 0.5) is 5.69 Å². The third-order valence-corrected chi connectivity index (χ3v) is 6.75. The number of amides is 2. The van der Waals surface area contributed by atoms with Crippen molar-refractivity contribution in [1.29, 1.82) is 0 Å². The molecule has 1 saturated heterocycles. The first kappa shape index (κ1) is 23.1. The van der Waals surface area contributed by atoms with Gasteiger partial charge in [-0.25, -0.2) is 0 Å². The number of carbonyl (C=O) groups is 2. The normalized spacial score (nSPS) is 15.5. The molecule has 1 aliphatic heterocycles. The Morgan fingerprint density at radius 2 is 1.88 bits per heavy atom. The monoisotopic (exact) mass is 485 g/mol. The Morgan fingerprint density at radius 3 is 2.58 bits per heavy atom. The maximum absolute atomic E-state index is 13.0. The standard InChI is InChI=1S/C23H24ClN5O3S/c1-28-21(19-4-3-13-29(19)22(31)15-5-7-16(24)8-6-15)26-27-23(28)33-14-20(30)25-17-9-11-18(32-2)12-10-17/h5-12,19H,3-4,13-14H2,1-2H3,(H,25,30). The fraction of sp³-hybridized carbons (Fsp3) is 0.304. The number of benzene rings is 2. The largest absolute Gasteiger partial charge is 0.497 e. The summed E-state index contributed by atoms with van der Waals surface area (Å²) in [6.45, 7) is 0.658. The summed E-state index contributed by atoms with van der Waals surface area (Å²) in [6.07, 6.45) is 1.71. The minimum atomic E-state index is -0.159.